The molecule has 7 heteroatoms. The predicted molar refractivity (Wildman–Crippen MR) is 83.2 cm³/mol. The molecule has 0 heterocycles. The second-order valence-electron chi connectivity index (χ2n) is 6.22. The Balaban J connectivity index is 2.93. The maximum Gasteiger partial charge on any atom is 0.310 e. The molecule has 7 nitrogen and oxygen atoms in total. The molecule has 0 atom stereocenters. The lowest BCUT2D eigenvalue weighted by molar-refractivity contribution is -0.384. The predicted octanol–water partition coefficient (Wildman–Crippen LogP) is 2.89. The molecule has 0 aliphatic carbocycles. The zero-order valence-corrected chi connectivity index (χ0v) is 13.5. The van der Waals surface area contributed by atoms with Crippen LogP contribution in [0.15, 0.2) is 18.2 Å². The van der Waals surface area contributed by atoms with Crippen LogP contribution in [0.4, 0.5) is 5.69 Å². The number of non-ortho nitro benzene ring substituents is 1. The first kappa shape index (κ1) is 18.6. The summed E-state index contributed by atoms with van der Waals surface area (Å²) < 4.78 is 5.25. The standard InChI is InChI=1S/C16H21NO6/c1-16(2,3)23-15(20)10-12-7-8-13(17(21)22)9-11(12)5-4-6-14(18)19/h7-9H,4-6,10H2,1-3H3,(H,18,19). The highest BCUT2D eigenvalue weighted by Crippen LogP contribution is 2.21. The fraction of sp³-hybridized carbons (Fsp3) is 0.500. The number of hydrogen-bond donors (Lipinski definition) is 1. The van der Waals surface area contributed by atoms with E-state index in [9.17, 15) is 19.7 Å². The molecule has 0 radical (unpaired) electrons. The van der Waals surface area contributed by atoms with Crippen molar-refractivity contribution >= 4 is 17.6 Å². The van der Waals surface area contributed by atoms with Gasteiger partial charge in [-0.25, -0.2) is 0 Å². The highest BCUT2D eigenvalue weighted by atomic mass is 16.6. The van der Waals surface area contributed by atoms with E-state index in [1.807, 2.05) is 0 Å². The van der Waals surface area contributed by atoms with Gasteiger partial charge >= 0.3 is 11.9 Å². The molecule has 0 saturated heterocycles. The third-order valence-electron chi connectivity index (χ3n) is 2.99. The number of esters is 1. The Morgan fingerprint density at radius 1 is 1.26 bits per heavy atom. The molecule has 0 spiro atoms. The summed E-state index contributed by atoms with van der Waals surface area (Å²) in [6.07, 6.45) is 0.663. The third kappa shape index (κ3) is 6.90. The quantitative estimate of drug-likeness (QED) is 0.470. The van der Waals surface area contributed by atoms with E-state index in [1.165, 1.54) is 18.2 Å². The summed E-state index contributed by atoms with van der Waals surface area (Å²) in [6.45, 7) is 5.28. The van der Waals surface area contributed by atoms with Crippen LogP contribution in [-0.4, -0.2) is 27.6 Å². The van der Waals surface area contributed by atoms with Crippen LogP contribution in [0.3, 0.4) is 0 Å². The molecular formula is C16H21NO6. The Labute approximate surface area is 134 Å². The SMILES string of the molecule is CC(C)(C)OC(=O)Cc1ccc([N+](=O)[O-])cc1CCCC(=O)O. The highest BCUT2D eigenvalue weighted by molar-refractivity contribution is 5.73. The number of nitro groups is 1. The molecule has 0 aliphatic heterocycles. The molecule has 1 N–H and O–H groups in total. The maximum absolute atomic E-state index is 11.9. The number of carbonyl (C=O) groups is 2. The second-order valence-corrected chi connectivity index (χ2v) is 6.22. The zero-order valence-electron chi connectivity index (χ0n) is 13.5. The molecule has 0 fully saturated rings. The lowest BCUT2D eigenvalue weighted by Crippen LogP contribution is -2.25. The average molecular weight is 323 g/mol. The summed E-state index contributed by atoms with van der Waals surface area (Å²) in [7, 11) is 0. The number of hydrogen-bond acceptors (Lipinski definition) is 5. The number of carbonyl (C=O) groups excluding carboxylic acids is 1. The van der Waals surface area contributed by atoms with Gasteiger partial charge in [-0.3, -0.25) is 19.7 Å². The minimum atomic E-state index is -0.927. The van der Waals surface area contributed by atoms with Gasteiger partial charge in [0.2, 0.25) is 0 Å². The van der Waals surface area contributed by atoms with Gasteiger partial charge in [0, 0.05) is 18.6 Å². The largest absolute Gasteiger partial charge is 0.481 e. The van der Waals surface area contributed by atoms with E-state index in [1.54, 1.807) is 20.8 Å². The molecular weight excluding hydrogens is 302 g/mol. The molecule has 0 amide bonds. The number of rotatable bonds is 7. The highest BCUT2D eigenvalue weighted by Gasteiger charge is 2.19. The molecule has 0 aliphatic rings. The van der Waals surface area contributed by atoms with E-state index < -0.39 is 22.5 Å². The third-order valence-corrected chi connectivity index (χ3v) is 2.99. The van der Waals surface area contributed by atoms with Crippen molar-refractivity contribution in [2.24, 2.45) is 0 Å². The minimum absolute atomic E-state index is 0.00231. The fourth-order valence-corrected chi connectivity index (χ4v) is 2.09. The summed E-state index contributed by atoms with van der Waals surface area (Å²) in [5.74, 6) is -1.35. The van der Waals surface area contributed by atoms with Gasteiger partial charge in [-0.05, 0) is 44.7 Å². The Kier molecular flexibility index (Phi) is 6.24. The van der Waals surface area contributed by atoms with Crippen molar-refractivity contribution in [3.63, 3.8) is 0 Å². The second kappa shape index (κ2) is 7.71. The van der Waals surface area contributed by atoms with Crippen molar-refractivity contribution in [1.29, 1.82) is 0 Å². The number of aryl methyl sites for hydroxylation is 1. The lowest BCUT2D eigenvalue weighted by Gasteiger charge is -2.20. The maximum atomic E-state index is 11.9. The Bertz CT molecular complexity index is 603. The van der Waals surface area contributed by atoms with Gasteiger partial charge in [-0.1, -0.05) is 6.07 Å². The average Bonchev–Trinajstić information content (AvgIpc) is 2.37. The molecule has 0 saturated carbocycles. The van der Waals surface area contributed by atoms with Gasteiger partial charge < -0.3 is 9.84 Å². The first-order valence-electron chi connectivity index (χ1n) is 7.28. The number of nitrogens with zero attached hydrogens (tertiary/aromatic N) is 1. The molecule has 0 bridgehead atoms. The van der Waals surface area contributed by atoms with Crippen LogP contribution in [-0.2, 0) is 27.2 Å². The van der Waals surface area contributed by atoms with Gasteiger partial charge in [-0.15, -0.1) is 0 Å². The molecule has 0 unspecified atom stereocenters. The molecule has 1 aromatic carbocycles. The topological polar surface area (TPSA) is 107 Å². The molecule has 23 heavy (non-hydrogen) atoms. The van der Waals surface area contributed by atoms with Crippen LogP contribution in [0.5, 0.6) is 0 Å². The molecule has 1 aromatic rings. The molecule has 1 rings (SSSR count). The van der Waals surface area contributed by atoms with E-state index >= 15 is 0 Å². The van der Waals surface area contributed by atoms with Crippen molar-refractivity contribution in [1.82, 2.24) is 0 Å². The summed E-state index contributed by atoms with van der Waals surface area (Å²) in [4.78, 5) is 32.9. The number of benzene rings is 1. The van der Waals surface area contributed by atoms with Crippen LogP contribution in [0.2, 0.25) is 0 Å². The summed E-state index contributed by atoms with van der Waals surface area (Å²) >= 11 is 0. The smallest absolute Gasteiger partial charge is 0.310 e. The normalized spacial score (nSPS) is 11.1. The van der Waals surface area contributed by atoms with Crippen LogP contribution in [0, 0.1) is 10.1 Å². The number of carboxylic acid groups (broad SMARTS) is 1. The van der Waals surface area contributed by atoms with Crippen molar-refractivity contribution in [2.45, 2.75) is 52.1 Å². The number of nitro benzene ring substituents is 1. The number of carboxylic acids is 1. The zero-order chi connectivity index (χ0) is 17.6. The van der Waals surface area contributed by atoms with E-state index in [0.717, 1.165) is 0 Å². The van der Waals surface area contributed by atoms with E-state index in [0.29, 0.717) is 24.0 Å². The Morgan fingerprint density at radius 2 is 1.91 bits per heavy atom. The van der Waals surface area contributed by atoms with Gasteiger partial charge in [-0.2, -0.15) is 0 Å². The Morgan fingerprint density at radius 3 is 2.43 bits per heavy atom. The van der Waals surface area contributed by atoms with Crippen molar-refractivity contribution in [2.75, 3.05) is 0 Å². The fourth-order valence-electron chi connectivity index (χ4n) is 2.09. The van der Waals surface area contributed by atoms with Crippen LogP contribution >= 0.6 is 0 Å². The first-order chi connectivity index (χ1) is 10.6. The Hall–Kier alpha value is -2.44. The van der Waals surface area contributed by atoms with Crippen molar-refractivity contribution in [3.05, 3.63) is 39.4 Å². The summed E-state index contributed by atoms with van der Waals surface area (Å²) in [6, 6.07) is 4.25. The van der Waals surface area contributed by atoms with E-state index in [4.69, 9.17) is 9.84 Å². The minimum Gasteiger partial charge on any atom is -0.481 e. The first-order valence-corrected chi connectivity index (χ1v) is 7.28. The number of ether oxygens (including phenoxy) is 1. The monoisotopic (exact) mass is 323 g/mol. The molecule has 126 valence electrons. The van der Waals surface area contributed by atoms with E-state index in [2.05, 4.69) is 0 Å². The summed E-state index contributed by atoms with van der Waals surface area (Å²) in [5, 5.41) is 19.6. The van der Waals surface area contributed by atoms with Gasteiger partial charge in [0.1, 0.15) is 5.60 Å². The van der Waals surface area contributed by atoms with Gasteiger partial charge in [0.15, 0.2) is 0 Å². The number of aliphatic carboxylic acids is 1. The van der Waals surface area contributed by atoms with Crippen molar-refractivity contribution < 1.29 is 24.4 Å². The van der Waals surface area contributed by atoms with Gasteiger partial charge in [0.05, 0.1) is 11.3 Å². The van der Waals surface area contributed by atoms with Crippen molar-refractivity contribution in [3.8, 4) is 0 Å². The van der Waals surface area contributed by atoms with Crippen LogP contribution in [0.25, 0.3) is 0 Å². The summed E-state index contributed by atoms with van der Waals surface area (Å²) in [5.41, 5.74) is 0.534. The lowest BCUT2D eigenvalue weighted by atomic mass is 9.98. The van der Waals surface area contributed by atoms with E-state index in [-0.39, 0.29) is 18.5 Å². The van der Waals surface area contributed by atoms with Crippen LogP contribution in [0.1, 0.15) is 44.7 Å². The van der Waals surface area contributed by atoms with Crippen LogP contribution < -0.4 is 0 Å². The van der Waals surface area contributed by atoms with Gasteiger partial charge in [0.25, 0.3) is 5.69 Å². The molecule has 0 aromatic heterocycles.